The average molecular weight is 433 g/mol. The van der Waals surface area contributed by atoms with Gasteiger partial charge in [0.25, 0.3) is 0 Å². The van der Waals surface area contributed by atoms with Gasteiger partial charge >= 0.3 is 0 Å². The van der Waals surface area contributed by atoms with E-state index in [1.807, 2.05) is 0 Å². The number of carbonyl (C=O) groups is 2. The topological polar surface area (TPSA) is 83.6 Å². The van der Waals surface area contributed by atoms with Gasteiger partial charge in [-0.3, -0.25) is 9.59 Å². The van der Waals surface area contributed by atoms with E-state index in [4.69, 9.17) is 11.6 Å². The van der Waals surface area contributed by atoms with Crippen LogP contribution in [0.2, 0.25) is 5.02 Å². The lowest BCUT2D eigenvalue weighted by molar-refractivity contribution is -0.119. The van der Waals surface area contributed by atoms with Crippen molar-refractivity contribution in [1.82, 2.24) is 0 Å². The zero-order chi connectivity index (χ0) is 20.6. The molecule has 2 amide bonds. The molecule has 0 bridgehead atoms. The van der Waals surface area contributed by atoms with E-state index in [1.165, 1.54) is 6.07 Å². The molecule has 1 saturated carbocycles. The zero-order valence-electron chi connectivity index (χ0n) is 15.7. The Labute approximate surface area is 174 Å². The fourth-order valence-electron chi connectivity index (χ4n) is 3.45. The highest BCUT2D eigenvalue weighted by Gasteiger charge is 2.36. The lowest BCUT2D eigenvalue weighted by Gasteiger charge is -2.17. The second-order valence-electron chi connectivity index (χ2n) is 7.43. The van der Waals surface area contributed by atoms with Crippen LogP contribution < -0.4 is 10.2 Å². The quantitative estimate of drug-likeness (QED) is 0.757. The van der Waals surface area contributed by atoms with Crippen molar-refractivity contribution in [1.29, 1.82) is 0 Å². The van der Waals surface area contributed by atoms with Gasteiger partial charge in [-0.1, -0.05) is 11.6 Å². The third-order valence-corrected chi connectivity index (χ3v) is 7.19. The van der Waals surface area contributed by atoms with Crippen LogP contribution in [0.25, 0.3) is 0 Å². The van der Waals surface area contributed by atoms with E-state index in [0.29, 0.717) is 23.7 Å². The van der Waals surface area contributed by atoms with Gasteiger partial charge in [-0.2, -0.15) is 0 Å². The molecule has 2 aromatic rings. The van der Waals surface area contributed by atoms with Crippen LogP contribution in [-0.4, -0.2) is 32.5 Å². The van der Waals surface area contributed by atoms with Gasteiger partial charge in [0.1, 0.15) is 0 Å². The van der Waals surface area contributed by atoms with Crippen LogP contribution in [0, 0.1) is 5.92 Å². The fourth-order valence-corrected chi connectivity index (χ4v) is 4.87. The molecule has 2 aromatic carbocycles. The van der Waals surface area contributed by atoms with Gasteiger partial charge in [0.15, 0.2) is 9.84 Å². The van der Waals surface area contributed by atoms with Crippen LogP contribution in [0.5, 0.6) is 0 Å². The van der Waals surface area contributed by atoms with Crippen LogP contribution >= 0.6 is 11.6 Å². The molecular weight excluding hydrogens is 412 g/mol. The second kappa shape index (κ2) is 7.80. The molecule has 1 N–H and O–H groups in total. The fraction of sp³-hybridized carbons (Fsp3) is 0.333. The predicted octanol–water partition coefficient (Wildman–Crippen LogP) is 3.44. The minimum Gasteiger partial charge on any atom is -0.326 e. The van der Waals surface area contributed by atoms with Gasteiger partial charge in [0.2, 0.25) is 11.8 Å². The normalized spacial score (nSPS) is 15.8. The number of anilines is 2. The standard InChI is InChI=1S/C21H21ClN2O4S/c22-16-3-5-17(6-4-16)23-20(25)10-12-29(27,28)18-7-8-19-15(13-18)9-11-24(19)21(26)14-1-2-14/h3-8,13-14H,1-2,9-12H2,(H,23,25). The first-order valence-corrected chi connectivity index (χ1v) is 11.6. The first kappa shape index (κ1) is 19.9. The Hall–Kier alpha value is -2.38. The van der Waals surface area contributed by atoms with Gasteiger partial charge in [0.05, 0.1) is 10.6 Å². The molecular formula is C21H21ClN2O4S. The number of fused-ring (bicyclic) bond motifs is 1. The third kappa shape index (κ3) is 4.46. The van der Waals surface area contributed by atoms with Crippen LogP contribution in [0.3, 0.4) is 0 Å². The van der Waals surface area contributed by atoms with Gasteiger partial charge < -0.3 is 10.2 Å². The van der Waals surface area contributed by atoms with Crippen molar-refractivity contribution in [2.75, 3.05) is 22.5 Å². The summed E-state index contributed by atoms with van der Waals surface area (Å²) in [6.45, 7) is 0.595. The Bertz CT molecular complexity index is 1060. The minimum absolute atomic E-state index is 0.128. The molecule has 8 heteroatoms. The highest BCUT2D eigenvalue weighted by molar-refractivity contribution is 7.91. The molecule has 0 unspecified atom stereocenters. The van der Waals surface area contributed by atoms with Crippen molar-refractivity contribution in [3.05, 3.63) is 53.1 Å². The van der Waals surface area contributed by atoms with Crippen molar-refractivity contribution >= 4 is 44.6 Å². The Morgan fingerprint density at radius 3 is 2.52 bits per heavy atom. The third-order valence-electron chi connectivity index (χ3n) is 5.22. The summed E-state index contributed by atoms with van der Waals surface area (Å²) in [4.78, 5) is 26.4. The van der Waals surface area contributed by atoms with Gasteiger partial charge in [-0.25, -0.2) is 8.42 Å². The first-order valence-electron chi connectivity index (χ1n) is 9.56. The number of rotatable bonds is 6. The molecule has 0 aromatic heterocycles. The smallest absolute Gasteiger partial charge is 0.230 e. The van der Waals surface area contributed by atoms with E-state index in [2.05, 4.69) is 5.32 Å². The van der Waals surface area contributed by atoms with Crippen molar-refractivity contribution in [2.24, 2.45) is 5.92 Å². The van der Waals surface area contributed by atoms with Crippen molar-refractivity contribution in [3.63, 3.8) is 0 Å². The molecule has 4 rings (SSSR count). The number of benzene rings is 2. The molecule has 1 fully saturated rings. The van der Waals surface area contributed by atoms with Crippen LogP contribution in [0.1, 0.15) is 24.8 Å². The van der Waals surface area contributed by atoms with E-state index in [0.717, 1.165) is 24.1 Å². The van der Waals surface area contributed by atoms with Crippen LogP contribution in [0.4, 0.5) is 11.4 Å². The largest absolute Gasteiger partial charge is 0.326 e. The highest BCUT2D eigenvalue weighted by Crippen LogP contribution is 2.37. The summed E-state index contributed by atoms with van der Waals surface area (Å²) in [5, 5.41) is 3.22. The molecule has 2 aliphatic rings. The molecule has 152 valence electrons. The average Bonchev–Trinajstić information content (AvgIpc) is 3.47. The van der Waals surface area contributed by atoms with E-state index < -0.39 is 9.84 Å². The number of carbonyl (C=O) groups excluding carboxylic acids is 2. The number of nitrogens with zero attached hydrogens (tertiary/aromatic N) is 1. The Morgan fingerprint density at radius 1 is 1.10 bits per heavy atom. The lowest BCUT2D eigenvalue weighted by Crippen LogP contribution is -2.30. The maximum absolute atomic E-state index is 12.7. The zero-order valence-corrected chi connectivity index (χ0v) is 17.3. The van der Waals surface area contributed by atoms with Crippen LogP contribution in [0.15, 0.2) is 47.4 Å². The van der Waals surface area contributed by atoms with Gasteiger partial charge in [-0.05, 0) is 67.3 Å². The number of nitrogens with one attached hydrogen (secondary N) is 1. The molecule has 1 aliphatic carbocycles. The number of hydrogen-bond acceptors (Lipinski definition) is 4. The van der Waals surface area contributed by atoms with Crippen molar-refractivity contribution in [3.8, 4) is 0 Å². The Morgan fingerprint density at radius 2 is 1.83 bits per heavy atom. The van der Waals surface area contributed by atoms with E-state index in [9.17, 15) is 18.0 Å². The maximum atomic E-state index is 12.7. The first-order chi connectivity index (χ1) is 13.8. The van der Waals surface area contributed by atoms with Crippen LogP contribution in [-0.2, 0) is 25.8 Å². The summed E-state index contributed by atoms with van der Waals surface area (Å²) < 4.78 is 25.4. The number of hydrogen-bond donors (Lipinski definition) is 1. The molecule has 1 heterocycles. The summed E-state index contributed by atoms with van der Waals surface area (Å²) in [7, 11) is -3.60. The van der Waals surface area contributed by atoms with E-state index >= 15 is 0 Å². The molecule has 0 radical (unpaired) electrons. The predicted molar refractivity (Wildman–Crippen MR) is 112 cm³/mol. The number of sulfone groups is 1. The number of halogens is 1. The second-order valence-corrected chi connectivity index (χ2v) is 9.97. The Kier molecular flexibility index (Phi) is 5.36. The summed E-state index contributed by atoms with van der Waals surface area (Å²) in [5.74, 6) is -0.393. The monoisotopic (exact) mass is 432 g/mol. The SMILES string of the molecule is O=C(CCS(=O)(=O)c1ccc2c(c1)CCN2C(=O)C1CC1)Nc1ccc(Cl)cc1. The molecule has 1 aliphatic heterocycles. The lowest BCUT2D eigenvalue weighted by atomic mass is 10.2. The molecule has 0 atom stereocenters. The van der Waals surface area contributed by atoms with E-state index in [-0.39, 0.29) is 34.8 Å². The van der Waals surface area contributed by atoms with Gasteiger partial charge in [-0.15, -0.1) is 0 Å². The van der Waals surface area contributed by atoms with Gasteiger partial charge in [0, 0.05) is 35.3 Å². The maximum Gasteiger partial charge on any atom is 0.230 e. The van der Waals surface area contributed by atoms with Crippen molar-refractivity contribution in [2.45, 2.75) is 30.6 Å². The Balaban J connectivity index is 1.40. The minimum atomic E-state index is -3.60. The summed E-state index contributed by atoms with van der Waals surface area (Å²) in [5.41, 5.74) is 2.24. The molecule has 29 heavy (non-hydrogen) atoms. The summed E-state index contributed by atoms with van der Waals surface area (Å²) in [6.07, 6.45) is 2.38. The molecule has 0 saturated heterocycles. The summed E-state index contributed by atoms with van der Waals surface area (Å²) >= 11 is 5.81. The summed E-state index contributed by atoms with van der Waals surface area (Å²) in [6, 6.07) is 11.5. The molecule has 6 nitrogen and oxygen atoms in total. The highest BCUT2D eigenvalue weighted by atomic mass is 35.5. The number of amides is 2. The molecule has 0 spiro atoms. The van der Waals surface area contributed by atoms with E-state index in [1.54, 1.807) is 41.3 Å². The van der Waals surface area contributed by atoms with Crippen molar-refractivity contribution < 1.29 is 18.0 Å².